The maximum Gasteiger partial charge on any atom is 0.308 e. The fourth-order valence-corrected chi connectivity index (χ4v) is 2.51. The van der Waals surface area contributed by atoms with Crippen LogP contribution in [0.2, 0.25) is 0 Å². The predicted octanol–water partition coefficient (Wildman–Crippen LogP) is 2.51. The van der Waals surface area contributed by atoms with Crippen molar-refractivity contribution in [3.05, 3.63) is 35.4 Å². The summed E-state index contributed by atoms with van der Waals surface area (Å²) in [5.41, 5.74) is 0.291. The molecule has 0 bridgehead atoms. The second-order valence-corrected chi connectivity index (χ2v) is 4.57. The number of carboxylic acids is 1. The molecule has 2 rings (SSSR count). The second-order valence-electron chi connectivity index (χ2n) is 4.57. The molecule has 0 spiro atoms. The van der Waals surface area contributed by atoms with Gasteiger partial charge < -0.3 is 10.0 Å². The molecule has 0 aromatic heterocycles. The number of aliphatic carboxylic acids is 1. The Bertz CT molecular complexity index is 470. The number of rotatable bonds is 3. The first-order chi connectivity index (χ1) is 8.52. The van der Waals surface area contributed by atoms with E-state index in [1.54, 1.807) is 0 Å². The average molecular weight is 292 g/mol. The standard InChI is InChI=1S/C13H15F2NO2.ClH/c1-2-16-6-10(11(7-16)13(17)18)9-4-3-8(14)5-12(9)15;/h3-5,10-11H,2,6-7H2,1H3,(H,17,18);1H. The predicted molar refractivity (Wildman–Crippen MR) is 69.6 cm³/mol. The maximum atomic E-state index is 13.7. The Hall–Kier alpha value is -1.20. The molecule has 1 fully saturated rings. The molecule has 2 unspecified atom stereocenters. The summed E-state index contributed by atoms with van der Waals surface area (Å²) in [4.78, 5) is 13.2. The van der Waals surface area contributed by atoms with Crippen LogP contribution in [0.15, 0.2) is 18.2 Å². The fraction of sp³-hybridized carbons (Fsp3) is 0.462. The summed E-state index contributed by atoms with van der Waals surface area (Å²) in [7, 11) is 0. The lowest BCUT2D eigenvalue weighted by Crippen LogP contribution is -2.23. The molecule has 1 aliphatic heterocycles. The van der Waals surface area contributed by atoms with Crippen LogP contribution in [-0.4, -0.2) is 35.6 Å². The highest BCUT2D eigenvalue weighted by Crippen LogP contribution is 2.34. The zero-order chi connectivity index (χ0) is 13.3. The minimum absolute atomic E-state index is 0. The first-order valence-electron chi connectivity index (χ1n) is 5.93. The van der Waals surface area contributed by atoms with E-state index in [2.05, 4.69) is 0 Å². The summed E-state index contributed by atoms with van der Waals surface area (Å²) in [6.07, 6.45) is 0. The minimum atomic E-state index is -0.931. The van der Waals surface area contributed by atoms with Crippen molar-refractivity contribution in [1.82, 2.24) is 4.90 Å². The van der Waals surface area contributed by atoms with E-state index >= 15 is 0 Å². The van der Waals surface area contributed by atoms with Crippen LogP contribution in [0.1, 0.15) is 18.4 Å². The Morgan fingerprint density at radius 2 is 2.11 bits per heavy atom. The van der Waals surface area contributed by atoms with Gasteiger partial charge in [-0.2, -0.15) is 0 Å². The van der Waals surface area contributed by atoms with E-state index < -0.39 is 29.4 Å². The van der Waals surface area contributed by atoms with Crippen LogP contribution in [0, 0.1) is 17.6 Å². The van der Waals surface area contributed by atoms with Gasteiger partial charge in [-0.25, -0.2) is 8.78 Å². The summed E-state index contributed by atoms with van der Waals surface area (Å²) in [6.45, 7) is 3.56. The van der Waals surface area contributed by atoms with Crippen molar-refractivity contribution in [3.8, 4) is 0 Å². The Balaban J connectivity index is 0.00000180. The highest BCUT2D eigenvalue weighted by Gasteiger charge is 2.39. The average Bonchev–Trinajstić information content (AvgIpc) is 2.73. The summed E-state index contributed by atoms with van der Waals surface area (Å²) >= 11 is 0. The molecule has 0 aliphatic carbocycles. The number of hydrogen-bond acceptors (Lipinski definition) is 2. The van der Waals surface area contributed by atoms with Gasteiger partial charge in [0.05, 0.1) is 5.92 Å². The van der Waals surface area contributed by atoms with Crippen molar-refractivity contribution in [2.45, 2.75) is 12.8 Å². The number of nitrogens with zero attached hydrogens (tertiary/aromatic N) is 1. The van der Waals surface area contributed by atoms with Gasteiger partial charge in [0.25, 0.3) is 0 Å². The number of carbonyl (C=O) groups is 1. The Kier molecular flexibility index (Phi) is 5.26. The van der Waals surface area contributed by atoms with E-state index in [0.717, 1.165) is 12.6 Å². The zero-order valence-corrected chi connectivity index (χ0v) is 11.3. The highest BCUT2D eigenvalue weighted by atomic mass is 35.5. The number of hydrogen-bond donors (Lipinski definition) is 1. The van der Waals surface area contributed by atoms with Crippen molar-refractivity contribution >= 4 is 18.4 Å². The van der Waals surface area contributed by atoms with Gasteiger partial charge >= 0.3 is 5.97 Å². The van der Waals surface area contributed by atoms with Crippen molar-refractivity contribution < 1.29 is 18.7 Å². The molecule has 0 radical (unpaired) electrons. The van der Waals surface area contributed by atoms with Gasteiger partial charge in [-0.15, -0.1) is 12.4 Å². The molecule has 1 aliphatic rings. The van der Waals surface area contributed by atoms with Crippen LogP contribution in [0.4, 0.5) is 8.78 Å². The molecular formula is C13H16ClF2NO2. The van der Waals surface area contributed by atoms with Gasteiger partial charge in [0.15, 0.2) is 0 Å². The maximum absolute atomic E-state index is 13.7. The third-order valence-electron chi connectivity index (χ3n) is 3.52. The molecule has 106 valence electrons. The highest BCUT2D eigenvalue weighted by molar-refractivity contribution is 5.85. The summed E-state index contributed by atoms with van der Waals surface area (Å²) in [5, 5.41) is 9.18. The lowest BCUT2D eigenvalue weighted by atomic mass is 9.88. The molecule has 2 atom stereocenters. The smallest absolute Gasteiger partial charge is 0.308 e. The molecule has 1 aromatic rings. The van der Waals surface area contributed by atoms with E-state index in [1.807, 2.05) is 11.8 Å². The third kappa shape index (κ3) is 3.22. The van der Waals surface area contributed by atoms with Crippen molar-refractivity contribution in [1.29, 1.82) is 0 Å². The van der Waals surface area contributed by atoms with Gasteiger partial charge in [0.2, 0.25) is 0 Å². The molecule has 1 N–H and O–H groups in total. The van der Waals surface area contributed by atoms with E-state index in [1.165, 1.54) is 12.1 Å². The SMILES string of the molecule is CCN1CC(C(=O)O)C(c2ccc(F)cc2F)C1.Cl. The Morgan fingerprint density at radius 3 is 2.63 bits per heavy atom. The third-order valence-corrected chi connectivity index (χ3v) is 3.52. The molecule has 19 heavy (non-hydrogen) atoms. The second kappa shape index (κ2) is 6.30. The number of likely N-dealkylation sites (N-methyl/N-ethyl adjacent to an activating group) is 1. The van der Waals surface area contributed by atoms with Crippen LogP contribution in [0.5, 0.6) is 0 Å². The molecular weight excluding hydrogens is 276 g/mol. The minimum Gasteiger partial charge on any atom is -0.481 e. The van der Waals surface area contributed by atoms with Crippen LogP contribution < -0.4 is 0 Å². The largest absolute Gasteiger partial charge is 0.481 e. The molecule has 1 saturated heterocycles. The molecule has 0 saturated carbocycles. The van der Waals surface area contributed by atoms with Gasteiger partial charge in [-0.1, -0.05) is 13.0 Å². The quantitative estimate of drug-likeness (QED) is 0.930. The molecule has 1 aromatic carbocycles. The van der Waals surface area contributed by atoms with Crippen LogP contribution in [0.3, 0.4) is 0 Å². The van der Waals surface area contributed by atoms with Crippen molar-refractivity contribution in [3.63, 3.8) is 0 Å². The van der Waals surface area contributed by atoms with Crippen LogP contribution in [-0.2, 0) is 4.79 Å². The first-order valence-corrected chi connectivity index (χ1v) is 5.93. The fourth-order valence-electron chi connectivity index (χ4n) is 2.51. The first kappa shape index (κ1) is 15.9. The summed E-state index contributed by atoms with van der Waals surface area (Å²) < 4.78 is 26.6. The Morgan fingerprint density at radius 1 is 1.42 bits per heavy atom. The monoisotopic (exact) mass is 291 g/mol. The lowest BCUT2D eigenvalue weighted by Gasteiger charge is -2.16. The number of benzene rings is 1. The van der Waals surface area contributed by atoms with Gasteiger partial charge in [-0.3, -0.25) is 4.79 Å². The lowest BCUT2D eigenvalue weighted by molar-refractivity contribution is -0.141. The number of halogens is 3. The van der Waals surface area contributed by atoms with Gasteiger partial charge in [0.1, 0.15) is 11.6 Å². The number of carboxylic acid groups (broad SMARTS) is 1. The molecule has 1 heterocycles. The molecule has 6 heteroatoms. The summed E-state index contributed by atoms with van der Waals surface area (Å²) in [5.74, 6) is -3.29. The van der Waals surface area contributed by atoms with Crippen molar-refractivity contribution in [2.75, 3.05) is 19.6 Å². The topological polar surface area (TPSA) is 40.5 Å². The zero-order valence-electron chi connectivity index (χ0n) is 10.5. The van der Waals surface area contributed by atoms with Crippen LogP contribution in [0.25, 0.3) is 0 Å². The molecule has 3 nitrogen and oxygen atoms in total. The van der Waals surface area contributed by atoms with E-state index in [0.29, 0.717) is 18.7 Å². The summed E-state index contributed by atoms with van der Waals surface area (Å²) in [6, 6.07) is 3.33. The van der Waals surface area contributed by atoms with E-state index in [-0.39, 0.29) is 12.4 Å². The van der Waals surface area contributed by atoms with Crippen LogP contribution >= 0.6 is 12.4 Å². The normalized spacial score (nSPS) is 23.1. The number of likely N-dealkylation sites (tertiary alicyclic amines) is 1. The van der Waals surface area contributed by atoms with E-state index in [9.17, 15) is 18.7 Å². The molecule has 0 amide bonds. The van der Waals surface area contributed by atoms with E-state index in [4.69, 9.17) is 0 Å². The van der Waals surface area contributed by atoms with Gasteiger partial charge in [-0.05, 0) is 18.2 Å². The Labute approximate surface area is 116 Å². The van der Waals surface area contributed by atoms with Gasteiger partial charge in [0, 0.05) is 25.1 Å². The van der Waals surface area contributed by atoms with Crippen molar-refractivity contribution in [2.24, 2.45) is 5.92 Å².